The van der Waals surface area contributed by atoms with E-state index < -0.39 is 8.40 Å². The first-order chi connectivity index (χ1) is 29.9. The second-order valence-electron chi connectivity index (χ2n) is 18.6. The molecule has 6 aromatic carbocycles. The Bertz CT molecular complexity index is 2940. The third-order valence-electron chi connectivity index (χ3n) is 12.2. The highest BCUT2D eigenvalue weighted by Gasteiger charge is 2.48. The molecule has 9 aromatic rings. The van der Waals surface area contributed by atoms with E-state index in [4.69, 9.17) is 9.97 Å². The van der Waals surface area contributed by atoms with Crippen molar-refractivity contribution >= 4 is 52.0 Å². The molecule has 0 aliphatic rings. The number of anilines is 2. The Hall–Kier alpha value is -6.60. The molecule has 6 heteroatoms. The third kappa shape index (κ3) is 7.13. The van der Waals surface area contributed by atoms with Crippen LogP contribution in [0, 0.1) is 0 Å². The number of fused-ring (bicyclic) bond motifs is 3. The summed E-state index contributed by atoms with van der Waals surface area (Å²) in [5, 5.41) is 4.94. The van der Waals surface area contributed by atoms with E-state index >= 15 is 0 Å². The highest BCUT2D eigenvalue weighted by Crippen LogP contribution is 2.43. The van der Waals surface area contributed by atoms with E-state index in [0.29, 0.717) is 0 Å². The van der Waals surface area contributed by atoms with Crippen LogP contribution in [-0.2, 0) is 10.8 Å². The van der Waals surface area contributed by atoms with Crippen molar-refractivity contribution in [3.63, 3.8) is 0 Å². The van der Waals surface area contributed by atoms with Crippen molar-refractivity contribution in [1.82, 2.24) is 19.1 Å². The van der Waals surface area contributed by atoms with Gasteiger partial charge in [-0.2, -0.15) is 0 Å². The van der Waals surface area contributed by atoms with Gasteiger partial charge in [-0.3, -0.25) is 9.55 Å². The third-order valence-corrected chi connectivity index (χ3v) is 17.0. The highest BCUT2D eigenvalue weighted by molar-refractivity contribution is 7.03. The molecule has 0 atom stereocenters. The lowest BCUT2D eigenvalue weighted by molar-refractivity contribution is 0.572. The van der Waals surface area contributed by atoms with Crippen LogP contribution in [0.25, 0.3) is 50.0 Å². The van der Waals surface area contributed by atoms with Gasteiger partial charge in [0.15, 0.2) is 0 Å². The fourth-order valence-electron chi connectivity index (χ4n) is 9.50. The maximum Gasteiger partial charge on any atom is 0.306 e. The molecule has 0 aliphatic carbocycles. The molecule has 0 N–H and O–H groups in total. The Morgan fingerprint density at radius 2 is 1.06 bits per heavy atom. The van der Waals surface area contributed by atoms with Gasteiger partial charge in [-0.15, -0.1) is 0 Å². The van der Waals surface area contributed by atoms with Gasteiger partial charge < -0.3 is 9.13 Å². The summed E-state index contributed by atoms with van der Waals surface area (Å²) in [6.45, 7) is 13.9. The molecular formula is C56H55N5Si. The van der Waals surface area contributed by atoms with Crippen molar-refractivity contribution in [2.75, 3.05) is 18.7 Å². The zero-order valence-electron chi connectivity index (χ0n) is 37.1. The van der Waals surface area contributed by atoms with Crippen LogP contribution in [0.2, 0.25) is 0 Å². The first-order valence-corrected chi connectivity index (χ1v) is 23.5. The molecule has 0 fully saturated rings. The van der Waals surface area contributed by atoms with Gasteiger partial charge in [-0.1, -0.05) is 163 Å². The van der Waals surface area contributed by atoms with Gasteiger partial charge in [0.05, 0.1) is 16.7 Å². The number of hydrogen-bond donors (Lipinski definition) is 0. The molecule has 0 radical (unpaired) electrons. The van der Waals surface area contributed by atoms with Crippen molar-refractivity contribution in [3.8, 4) is 28.2 Å². The van der Waals surface area contributed by atoms with Crippen LogP contribution in [0.5, 0.6) is 0 Å². The minimum Gasteiger partial charge on any atom is -0.348 e. The van der Waals surface area contributed by atoms with E-state index in [1.54, 1.807) is 0 Å². The van der Waals surface area contributed by atoms with Gasteiger partial charge in [0.1, 0.15) is 5.82 Å². The van der Waals surface area contributed by atoms with Gasteiger partial charge in [-0.25, -0.2) is 4.98 Å². The fourth-order valence-corrected chi connectivity index (χ4v) is 14.1. The van der Waals surface area contributed by atoms with E-state index in [2.05, 4.69) is 239 Å². The van der Waals surface area contributed by atoms with Gasteiger partial charge in [-0.05, 0) is 112 Å². The summed E-state index contributed by atoms with van der Waals surface area (Å²) in [5.41, 5.74) is 11.5. The second kappa shape index (κ2) is 16.0. The molecule has 3 heterocycles. The molecule has 308 valence electrons. The van der Waals surface area contributed by atoms with Crippen molar-refractivity contribution in [2.45, 2.75) is 52.4 Å². The number of pyridine rings is 2. The monoisotopic (exact) mass is 825 g/mol. The Labute approximate surface area is 368 Å². The summed E-state index contributed by atoms with van der Waals surface area (Å²) < 4.78 is 7.44. The van der Waals surface area contributed by atoms with Crippen LogP contribution in [0.1, 0.15) is 52.7 Å². The Morgan fingerprint density at radius 3 is 1.69 bits per heavy atom. The molecule has 0 amide bonds. The fraction of sp³-hybridized carbons (Fsp3) is 0.179. The van der Waals surface area contributed by atoms with E-state index in [0.717, 1.165) is 39.5 Å². The van der Waals surface area contributed by atoms with Crippen LogP contribution in [0.4, 0.5) is 11.4 Å². The average molecular weight is 826 g/mol. The SMILES string of the molecule is CN(C)[Si](c1ccccc1)(c1ccccc1)N(c1cccc(-c2cc(-c3c(C(C)(C)C)cccc3C(C)(C)C)ccn2)c1)c1ccc2c3ccccc3n(-c3ccccn3)c2c1. The van der Waals surface area contributed by atoms with Crippen LogP contribution in [0.3, 0.4) is 0 Å². The number of benzene rings is 6. The lowest BCUT2D eigenvalue weighted by atomic mass is 9.74. The molecular weight excluding hydrogens is 771 g/mol. The summed E-state index contributed by atoms with van der Waals surface area (Å²) in [5.74, 6) is 0.889. The minimum absolute atomic E-state index is 0.0428. The summed E-state index contributed by atoms with van der Waals surface area (Å²) in [6.07, 6.45) is 3.86. The predicted molar refractivity (Wildman–Crippen MR) is 265 cm³/mol. The molecule has 62 heavy (non-hydrogen) atoms. The quantitative estimate of drug-likeness (QED) is 0.136. The van der Waals surface area contributed by atoms with E-state index in [1.807, 2.05) is 18.5 Å². The summed E-state index contributed by atoms with van der Waals surface area (Å²) in [7, 11) is 1.41. The van der Waals surface area contributed by atoms with Crippen molar-refractivity contribution in [2.24, 2.45) is 0 Å². The molecule has 0 aliphatic heterocycles. The zero-order valence-corrected chi connectivity index (χ0v) is 38.1. The van der Waals surface area contributed by atoms with Gasteiger partial charge in [0.2, 0.25) is 0 Å². The van der Waals surface area contributed by atoms with Gasteiger partial charge >= 0.3 is 8.40 Å². The summed E-state index contributed by atoms with van der Waals surface area (Å²) >= 11 is 0. The van der Waals surface area contributed by atoms with Crippen LogP contribution in [-0.4, -0.2) is 41.6 Å². The summed E-state index contributed by atoms with van der Waals surface area (Å²) in [4.78, 5) is 9.97. The number of para-hydroxylation sites is 1. The largest absolute Gasteiger partial charge is 0.348 e. The maximum absolute atomic E-state index is 5.09. The van der Waals surface area contributed by atoms with E-state index in [-0.39, 0.29) is 10.8 Å². The van der Waals surface area contributed by atoms with Crippen LogP contribution >= 0.6 is 0 Å². The van der Waals surface area contributed by atoms with Crippen molar-refractivity contribution in [3.05, 3.63) is 199 Å². The standard InChI is InChI=1S/C56H55N5Si/c1-55(2,3)48-28-20-29-49(56(4,5)6)54(48)41-34-36-57-50(38-41)40-21-19-22-42(37-40)61(62(59(7)8,44-23-11-9-12-24-44)45-25-13-10-14-26-45)43-32-33-47-46-27-15-16-30-51(46)60(52(47)39-43)53-31-17-18-35-58-53/h9-39H,1-8H3. The first kappa shape index (κ1) is 40.8. The molecule has 0 spiro atoms. The highest BCUT2D eigenvalue weighted by atomic mass is 28.3. The normalized spacial score (nSPS) is 12.3. The minimum atomic E-state index is -3.08. The van der Waals surface area contributed by atoms with Crippen molar-refractivity contribution in [1.29, 1.82) is 0 Å². The molecule has 0 saturated heterocycles. The smallest absolute Gasteiger partial charge is 0.306 e. The number of aromatic nitrogens is 3. The Kier molecular flexibility index (Phi) is 10.5. The molecule has 0 unspecified atom stereocenters. The van der Waals surface area contributed by atoms with E-state index in [1.165, 1.54) is 43.4 Å². The lowest BCUT2D eigenvalue weighted by Gasteiger charge is -2.48. The van der Waals surface area contributed by atoms with Gasteiger partial charge in [0.25, 0.3) is 0 Å². The predicted octanol–water partition coefficient (Wildman–Crippen LogP) is 12.5. The number of hydrogen-bond acceptors (Lipinski definition) is 4. The molecule has 0 bridgehead atoms. The Morgan fingerprint density at radius 1 is 0.468 bits per heavy atom. The molecule has 9 rings (SSSR count). The lowest BCUT2D eigenvalue weighted by Crippen LogP contribution is -2.77. The molecule has 0 saturated carbocycles. The zero-order chi connectivity index (χ0) is 43.2. The van der Waals surface area contributed by atoms with Crippen LogP contribution < -0.4 is 14.9 Å². The first-order valence-electron chi connectivity index (χ1n) is 21.6. The second-order valence-corrected chi connectivity index (χ2v) is 22.4. The van der Waals surface area contributed by atoms with Gasteiger partial charge in [0, 0.05) is 40.1 Å². The molecule has 3 aromatic heterocycles. The maximum atomic E-state index is 5.09. The van der Waals surface area contributed by atoms with Crippen LogP contribution in [0.15, 0.2) is 188 Å². The number of rotatable bonds is 9. The summed E-state index contributed by atoms with van der Waals surface area (Å²) in [6, 6.07) is 64.3. The molecule has 5 nitrogen and oxygen atoms in total. The number of nitrogens with zero attached hydrogens (tertiary/aromatic N) is 5. The Balaban J connectivity index is 1.32. The van der Waals surface area contributed by atoms with Crippen molar-refractivity contribution < 1.29 is 0 Å². The topological polar surface area (TPSA) is 37.2 Å². The van der Waals surface area contributed by atoms with E-state index in [9.17, 15) is 0 Å². The average Bonchev–Trinajstić information content (AvgIpc) is 3.62.